The molecule has 1 saturated heterocycles. The van der Waals surface area contributed by atoms with E-state index in [1.165, 1.54) is 4.31 Å². The third kappa shape index (κ3) is 6.29. The molecule has 0 saturated carbocycles. The van der Waals surface area contributed by atoms with E-state index in [2.05, 4.69) is 33.0 Å². The van der Waals surface area contributed by atoms with Crippen molar-refractivity contribution in [1.29, 1.82) is 0 Å². The van der Waals surface area contributed by atoms with Gasteiger partial charge in [-0.15, -0.1) is 0 Å². The summed E-state index contributed by atoms with van der Waals surface area (Å²) in [5.41, 5.74) is 1.16. The monoisotopic (exact) mass is 409 g/mol. The van der Waals surface area contributed by atoms with Crippen LogP contribution in [0.15, 0.2) is 29.2 Å². The Bertz CT molecular complexity index is 724. The van der Waals surface area contributed by atoms with Crippen LogP contribution in [0.4, 0.5) is 0 Å². The number of nitrogens with one attached hydrogen (secondary N) is 1. The van der Waals surface area contributed by atoms with E-state index >= 15 is 0 Å². The Balaban J connectivity index is 1.87. The number of sulfonamides is 1. The first-order valence-electron chi connectivity index (χ1n) is 10.3. The molecule has 0 aromatic heterocycles. The molecular formula is C21H35N3O3S. The number of carbonyl (C=O) groups excluding carboxylic acids is 1. The molecule has 2 rings (SSSR count). The number of rotatable bonds is 9. The molecule has 7 heteroatoms. The Morgan fingerprint density at radius 2 is 1.68 bits per heavy atom. The Morgan fingerprint density at radius 1 is 1.07 bits per heavy atom. The van der Waals surface area contributed by atoms with Crippen molar-refractivity contribution in [2.24, 2.45) is 5.92 Å². The first-order chi connectivity index (χ1) is 13.2. The van der Waals surface area contributed by atoms with Crippen molar-refractivity contribution in [2.45, 2.75) is 51.3 Å². The smallest absolute Gasteiger partial charge is 0.243 e. The Kier molecular flexibility index (Phi) is 8.46. The summed E-state index contributed by atoms with van der Waals surface area (Å²) in [7, 11) is -3.48. The molecule has 1 heterocycles. The number of piperazine rings is 1. The lowest BCUT2D eigenvalue weighted by molar-refractivity contribution is -0.122. The zero-order chi connectivity index (χ0) is 20.7. The highest BCUT2D eigenvalue weighted by Crippen LogP contribution is 2.23. The summed E-state index contributed by atoms with van der Waals surface area (Å²) in [6.45, 7) is 11.5. The molecule has 0 unspecified atom stereocenters. The highest BCUT2D eigenvalue weighted by molar-refractivity contribution is 7.89. The van der Waals surface area contributed by atoms with Crippen LogP contribution < -0.4 is 5.32 Å². The van der Waals surface area contributed by atoms with Gasteiger partial charge in [0.25, 0.3) is 0 Å². The second-order valence-electron chi connectivity index (χ2n) is 8.09. The largest absolute Gasteiger partial charge is 0.355 e. The molecule has 1 aromatic carbocycles. The number of carbonyl (C=O) groups is 1. The molecule has 1 aromatic rings. The predicted molar refractivity (Wildman–Crippen MR) is 113 cm³/mol. The molecule has 0 radical (unpaired) electrons. The minimum Gasteiger partial charge on any atom is -0.355 e. The van der Waals surface area contributed by atoms with Crippen LogP contribution in [0.3, 0.4) is 0 Å². The molecule has 1 aliphatic heterocycles. The second-order valence-corrected chi connectivity index (χ2v) is 10.0. The van der Waals surface area contributed by atoms with Crippen molar-refractivity contribution in [2.75, 3.05) is 39.3 Å². The maximum absolute atomic E-state index is 12.9. The summed E-state index contributed by atoms with van der Waals surface area (Å²) in [6.07, 6.45) is 1.99. The lowest BCUT2D eigenvalue weighted by Gasteiger charge is -2.33. The summed E-state index contributed by atoms with van der Waals surface area (Å²) >= 11 is 0. The third-order valence-corrected chi connectivity index (χ3v) is 7.35. The third-order valence-electron chi connectivity index (χ3n) is 5.44. The molecule has 158 valence electrons. The Morgan fingerprint density at radius 3 is 2.21 bits per heavy atom. The van der Waals surface area contributed by atoms with Gasteiger partial charge in [0.1, 0.15) is 0 Å². The molecule has 1 fully saturated rings. The zero-order valence-electron chi connectivity index (χ0n) is 17.6. The van der Waals surface area contributed by atoms with E-state index in [0.29, 0.717) is 56.0 Å². The summed E-state index contributed by atoms with van der Waals surface area (Å²) < 4.78 is 27.3. The highest BCUT2D eigenvalue weighted by atomic mass is 32.2. The number of amides is 1. The molecule has 1 N–H and O–H groups in total. The summed E-state index contributed by atoms with van der Waals surface area (Å²) in [6, 6.07) is 7.26. The Hall–Kier alpha value is -1.44. The molecule has 0 bridgehead atoms. The molecule has 6 nitrogen and oxygen atoms in total. The minimum absolute atomic E-state index is 0.0117. The number of hydrogen-bond donors (Lipinski definition) is 1. The SMILES string of the molecule is CC[C@@H](C)c1ccc(S(=O)(=O)N2CCN(CC(=O)NCCC(C)C)CC2)cc1. The molecule has 0 aliphatic carbocycles. The van der Waals surface area contributed by atoms with Gasteiger partial charge in [0.05, 0.1) is 11.4 Å². The van der Waals surface area contributed by atoms with Crippen molar-refractivity contribution in [1.82, 2.24) is 14.5 Å². The van der Waals surface area contributed by atoms with Crippen LogP contribution in [-0.2, 0) is 14.8 Å². The van der Waals surface area contributed by atoms with Gasteiger partial charge in [-0.1, -0.05) is 39.8 Å². The van der Waals surface area contributed by atoms with Gasteiger partial charge < -0.3 is 5.32 Å². The second kappa shape index (κ2) is 10.4. The van der Waals surface area contributed by atoms with Crippen LogP contribution in [0.2, 0.25) is 0 Å². The van der Waals surface area contributed by atoms with Gasteiger partial charge in [0, 0.05) is 32.7 Å². The Labute approximate surface area is 170 Å². The fourth-order valence-electron chi connectivity index (χ4n) is 3.24. The van der Waals surface area contributed by atoms with Crippen LogP contribution in [0.25, 0.3) is 0 Å². The van der Waals surface area contributed by atoms with Crippen LogP contribution in [0.5, 0.6) is 0 Å². The van der Waals surface area contributed by atoms with E-state index in [-0.39, 0.29) is 5.91 Å². The molecule has 1 aliphatic rings. The van der Waals surface area contributed by atoms with Crippen molar-refractivity contribution < 1.29 is 13.2 Å². The molecule has 1 atom stereocenters. The molecule has 0 spiro atoms. The van der Waals surface area contributed by atoms with Crippen LogP contribution in [0, 0.1) is 5.92 Å². The highest BCUT2D eigenvalue weighted by Gasteiger charge is 2.29. The minimum atomic E-state index is -3.48. The number of hydrogen-bond acceptors (Lipinski definition) is 4. The predicted octanol–water partition coefficient (Wildman–Crippen LogP) is 2.67. The van der Waals surface area contributed by atoms with Crippen molar-refractivity contribution in [3.8, 4) is 0 Å². The lowest BCUT2D eigenvalue weighted by atomic mass is 9.99. The van der Waals surface area contributed by atoms with E-state index in [1.807, 2.05) is 17.0 Å². The maximum atomic E-state index is 12.9. The van der Waals surface area contributed by atoms with Gasteiger partial charge in [-0.2, -0.15) is 4.31 Å². The number of nitrogens with zero attached hydrogens (tertiary/aromatic N) is 2. The van der Waals surface area contributed by atoms with Gasteiger partial charge in [-0.25, -0.2) is 8.42 Å². The normalized spacial score (nSPS) is 17.6. The fraction of sp³-hybridized carbons (Fsp3) is 0.667. The summed E-state index contributed by atoms with van der Waals surface area (Å²) in [5.74, 6) is 0.998. The molecule has 28 heavy (non-hydrogen) atoms. The van der Waals surface area contributed by atoms with Crippen LogP contribution in [0.1, 0.15) is 52.0 Å². The van der Waals surface area contributed by atoms with Gasteiger partial charge >= 0.3 is 0 Å². The quantitative estimate of drug-likeness (QED) is 0.681. The van der Waals surface area contributed by atoms with Crippen molar-refractivity contribution >= 4 is 15.9 Å². The summed E-state index contributed by atoms with van der Waals surface area (Å²) in [5, 5.41) is 2.94. The standard InChI is InChI=1S/C21H35N3O3S/c1-5-18(4)19-6-8-20(9-7-19)28(26,27)24-14-12-23(13-15-24)16-21(25)22-11-10-17(2)3/h6-9,17-18H,5,10-16H2,1-4H3,(H,22,25)/t18-/m1/s1. The zero-order valence-corrected chi connectivity index (χ0v) is 18.5. The maximum Gasteiger partial charge on any atom is 0.243 e. The topological polar surface area (TPSA) is 69.7 Å². The van der Waals surface area contributed by atoms with Gasteiger partial charge in [-0.3, -0.25) is 9.69 Å². The van der Waals surface area contributed by atoms with Gasteiger partial charge in [0.2, 0.25) is 15.9 Å². The van der Waals surface area contributed by atoms with Crippen molar-refractivity contribution in [3.63, 3.8) is 0 Å². The van der Waals surface area contributed by atoms with E-state index in [4.69, 9.17) is 0 Å². The molecular weight excluding hydrogens is 374 g/mol. The van der Waals surface area contributed by atoms with Gasteiger partial charge in [0.15, 0.2) is 0 Å². The number of benzene rings is 1. The first kappa shape index (κ1) is 22.8. The van der Waals surface area contributed by atoms with Gasteiger partial charge in [-0.05, 0) is 42.4 Å². The van der Waals surface area contributed by atoms with Crippen LogP contribution >= 0.6 is 0 Å². The van der Waals surface area contributed by atoms with E-state index in [1.54, 1.807) is 12.1 Å². The first-order valence-corrected chi connectivity index (χ1v) is 11.8. The van der Waals surface area contributed by atoms with E-state index in [9.17, 15) is 13.2 Å². The van der Waals surface area contributed by atoms with E-state index < -0.39 is 10.0 Å². The van der Waals surface area contributed by atoms with E-state index in [0.717, 1.165) is 18.4 Å². The molecule has 1 amide bonds. The fourth-order valence-corrected chi connectivity index (χ4v) is 4.66. The average molecular weight is 410 g/mol. The average Bonchev–Trinajstić information content (AvgIpc) is 2.67. The van der Waals surface area contributed by atoms with Crippen molar-refractivity contribution in [3.05, 3.63) is 29.8 Å². The lowest BCUT2D eigenvalue weighted by Crippen LogP contribution is -2.51. The summed E-state index contributed by atoms with van der Waals surface area (Å²) in [4.78, 5) is 14.4. The van der Waals surface area contributed by atoms with Crippen LogP contribution in [-0.4, -0.2) is 62.8 Å².